The van der Waals surface area contributed by atoms with E-state index >= 15 is 0 Å². The highest BCUT2D eigenvalue weighted by atomic mass is 19.2. The van der Waals surface area contributed by atoms with Gasteiger partial charge in [0, 0.05) is 11.6 Å². The highest BCUT2D eigenvalue weighted by molar-refractivity contribution is 6.03. The van der Waals surface area contributed by atoms with Gasteiger partial charge in [-0.2, -0.15) is 0 Å². The van der Waals surface area contributed by atoms with Crippen LogP contribution in [0.5, 0.6) is 0 Å². The Morgan fingerprint density at radius 3 is 2.27 bits per heavy atom. The zero-order chi connectivity index (χ0) is 28.2. The molecule has 0 aliphatic carbocycles. The fraction of sp³-hybridized carbons (Fsp3) is 0.161. The second-order valence-electron chi connectivity index (χ2n) is 9.51. The van der Waals surface area contributed by atoms with Crippen LogP contribution >= 0.6 is 0 Å². The van der Waals surface area contributed by atoms with Gasteiger partial charge >= 0.3 is 0 Å². The lowest BCUT2D eigenvalue weighted by Crippen LogP contribution is -2.50. The number of nitrogens with zero attached hydrogens (tertiary/aromatic N) is 1. The van der Waals surface area contributed by atoms with Gasteiger partial charge in [-0.25, -0.2) is 13.2 Å². The maximum absolute atomic E-state index is 14.1. The van der Waals surface area contributed by atoms with Crippen molar-refractivity contribution in [3.63, 3.8) is 0 Å². The molecule has 40 heavy (non-hydrogen) atoms. The van der Waals surface area contributed by atoms with Crippen molar-refractivity contribution in [2.45, 2.75) is 17.9 Å². The molecule has 9 heteroatoms. The predicted molar refractivity (Wildman–Crippen MR) is 146 cm³/mol. The predicted octanol–water partition coefficient (Wildman–Crippen LogP) is 5.24. The molecule has 0 fully saturated rings. The van der Waals surface area contributed by atoms with Crippen molar-refractivity contribution in [1.29, 1.82) is 0 Å². The van der Waals surface area contributed by atoms with E-state index in [-0.39, 0.29) is 12.1 Å². The molecule has 204 valence electrons. The van der Waals surface area contributed by atoms with E-state index in [1.54, 1.807) is 12.1 Å². The van der Waals surface area contributed by atoms with Crippen LogP contribution in [0, 0.1) is 17.5 Å². The van der Waals surface area contributed by atoms with Crippen LogP contribution in [0.25, 0.3) is 0 Å². The lowest BCUT2D eigenvalue weighted by atomic mass is 9.81. The minimum atomic E-state index is -1.15. The van der Waals surface area contributed by atoms with E-state index in [4.69, 9.17) is 0 Å². The van der Waals surface area contributed by atoms with Crippen LogP contribution < -0.4 is 15.5 Å². The average Bonchev–Trinajstić information content (AvgIpc) is 3.10. The summed E-state index contributed by atoms with van der Waals surface area (Å²) < 4.78 is 41.6. The summed E-state index contributed by atoms with van der Waals surface area (Å²) in [5, 5.41) is 16.0. The summed E-state index contributed by atoms with van der Waals surface area (Å²) in [6.45, 7) is -0.511. The van der Waals surface area contributed by atoms with Crippen LogP contribution in [0.3, 0.4) is 0 Å². The minimum absolute atomic E-state index is 0.0870. The van der Waals surface area contributed by atoms with E-state index in [2.05, 4.69) is 10.6 Å². The van der Waals surface area contributed by atoms with Gasteiger partial charge in [0.1, 0.15) is 11.9 Å². The van der Waals surface area contributed by atoms with Gasteiger partial charge in [0.15, 0.2) is 11.6 Å². The second-order valence-corrected chi connectivity index (χ2v) is 9.51. The molecule has 4 aromatic carbocycles. The summed E-state index contributed by atoms with van der Waals surface area (Å²) >= 11 is 0. The summed E-state index contributed by atoms with van der Waals surface area (Å²) in [7, 11) is 0. The van der Waals surface area contributed by atoms with E-state index in [1.807, 2.05) is 47.4 Å². The van der Waals surface area contributed by atoms with Crippen molar-refractivity contribution in [2.75, 3.05) is 23.4 Å². The Kier molecular flexibility index (Phi) is 7.84. The fourth-order valence-corrected chi connectivity index (χ4v) is 5.01. The van der Waals surface area contributed by atoms with Gasteiger partial charge < -0.3 is 20.6 Å². The topological polar surface area (TPSA) is 81.7 Å². The average molecular weight is 546 g/mol. The summed E-state index contributed by atoms with van der Waals surface area (Å²) in [5.41, 5.74) is 2.62. The third-order valence-electron chi connectivity index (χ3n) is 7.00. The molecule has 0 unspecified atom stereocenters. The molecular weight excluding hydrogens is 519 g/mol. The minimum Gasteiger partial charge on any atom is -0.396 e. The normalized spacial score (nSPS) is 16.4. The Bertz CT molecular complexity index is 1520. The first-order chi connectivity index (χ1) is 19.4. The molecule has 1 aliphatic heterocycles. The van der Waals surface area contributed by atoms with E-state index in [1.165, 1.54) is 30.3 Å². The van der Waals surface area contributed by atoms with Crippen LogP contribution in [0.2, 0.25) is 0 Å². The number of hydrogen-bond acceptors (Lipinski definition) is 4. The summed E-state index contributed by atoms with van der Waals surface area (Å²) in [6, 6.07) is 23.8. The molecule has 5 rings (SSSR count). The largest absolute Gasteiger partial charge is 0.396 e. The quantitative estimate of drug-likeness (QED) is 0.297. The Morgan fingerprint density at radius 2 is 1.57 bits per heavy atom. The zero-order valence-corrected chi connectivity index (χ0v) is 21.2. The number of aliphatic hydroxyl groups is 1. The smallest absolute Gasteiger partial charge is 0.248 e. The highest BCUT2D eigenvalue weighted by Crippen LogP contribution is 2.36. The number of benzene rings is 4. The molecule has 6 nitrogen and oxygen atoms in total. The fourth-order valence-electron chi connectivity index (χ4n) is 5.01. The van der Waals surface area contributed by atoms with Gasteiger partial charge in [0.05, 0.1) is 30.4 Å². The molecule has 0 bridgehead atoms. The van der Waals surface area contributed by atoms with Crippen molar-refractivity contribution >= 4 is 28.9 Å². The van der Waals surface area contributed by atoms with E-state index in [0.717, 1.165) is 23.5 Å². The third-order valence-corrected chi connectivity index (χ3v) is 7.00. The van der Waals surface area contributed by atoms with Gasteiger partial charge in [-0.3, -0.25) is 9.59 Å². The summed E-state index contributed by atoms with van der Waals surface area (Å²) in [6.07, 6.45) is 0. The maximum atomic E-state index is 14.1. The third kappa shape index (κ3) is 5.55. The van der Waals surface area contributed by atoms with Crippen LogP contribution in [0.1, 0.15) is 23.0 Å². The van der Waals surface area contributed by atoms with Crippen LogP contribution in [-0.4, -0.2) is 36.1 Å². The zero-order valence-electron chi connectivity index (χ0n) is 21.2. The molecular formula is C31H26F3N3O3. The molecule has 0 radical (unpaired) electrons. The number of amides is 2. The van der Waals surface area contributed by atoms with E-state index in [9.17, 15) is 27.9 Å². The SMILES string of the molecule is O=C1Nc2ccccc2N(c2ccccc2)C[C@@H]1NC(=O)[C@@H](c1ccc(F)cc1)[C@H](CO)c1ccc(F)c(F)c1. The number of fused-ring (bicyclic) bond motifs is 1. The van der Waals surface area contributed by atoms with Gasteiger partial charge in [0.2, 0.25) is 11.8 Å². The number of carbonyl (C=O) groups excluding carboxylic acids is 2. The van der Waals surface area contributed by atoms with Crippen molar-refractivity contribution in [1.82, 2.24) is 5.32 Å². The molecule has 0 spiro atoms. The molecule has 2 amide bonds. The number of nitrogens with one attached hydrogen (secondary N) is 2. The second kappa shape index (κ2) is 11.6. The van der Waals surface area contributed by atoms with Crippen molar-refractivity contribution in [3.05, 3.63) is 126 Å². The first kappa shape index (κ1) is 27.0. The Hall–Kier alpha value is -4.63. The van der Waals surface area contributed by atoms with Crippen LogP contribution in [-0.2, 0) is 9.59 Å². The van der Waals surface area contributed by atoms with Crippen LogP contribution in [0.15, 0.2) is 97.1 Å². The van der Waals surface area contributed by atoms with Gasteiger partial charge in [-0.05, 0) is 59.7 Å². The molecule has 0 aromatic heterocycles. The van der Waals surface area contributed by atoms with Crippen molar-refractivity contribution < 1.29 is 27.9 Å². The standard InChI is InChI=1S/C31H26F3N3O3/c32-21-13-10-19(11-14-21)29(23(18-38)20-12-15-24(33)25(34)16-20)31(40)36-27-17-37(22-6-2-1-3-7-22)28-9-5-4-8-26(28)35-30(27)39/h1-16,23,27,29,38H,17-18H2,(H,35,39)(H,36,40)/t23-,27+,29+/m1/s1. The number of anilines is 3. The first-order valence-electron chi connectivity index (χ1n) is 12.7. The van der Waals surface area contributed by atoms with Gasteiger partial charge in [0.25, 0.3) is 0 Å². The molecule has 0 saturated heterocycles. The van der Waals surface area contributed by atoms with Crippen molar-refractivity contribution in [3.8, 4) is 0 Å². The maximum Gasteiger partial charge on any atom is 0.248 e. The van der Waals surface area contributed by atoms with Crippen molar-refractivity contribution in [2.24, 2.45) is 0 Å². The van der Waals surface area contributed by atoms with Gasteiger partial charge in [-0.1, -0.05) is 48.5 Å². The van der Waals surface area contributed by atoms with Crippen LogP contribution in [0.4, 0.5) is 30.2 Å². The van der Waals surface area contributed by atoms with Gasteiger partial charge in [-0.15, -0.1) is 0 Å². The number of carbonyl (C=O) groups is 2. The Labute approximate surface area is 229 Å². The molecule has 0 saturated carbocycles. The lowest BCUT2D eigenvalue weighted by molar-refractivity contribution is -0.127. The molecule has 1 aliphatic rings. The lowest BCUT2D eigenvalue weighted by Gasteiger charge is -2.30. The number of halogens is 3. The van der Waals surface area contributed by atoms with E-state index < -0.39 is 53.8 Å². The molecule has 4 aromatic rings. The molecule has 1 heterocycles. The van der Waals surface area contributed by atoms with E-state index in [0.29, 0.717) is 11.3 Å². The first-order valence-corrected chi connectivity index (χ1v) is 12.7. The summed E-state index contributed by atoms with van der Waals surface area (Å²) in [5.74, 6) is -6.00. The number of para-hydroxylation sites is 3. The number of hydrogen-bond donors (Lipinski definition) is 3. The number of aliphatic hydroxyl groups excluding tert-OH is 1. The molecule has 3 atom stereocenters. The highest BCUT2D eigenvalue weighted by Gasteiger charge is 2.36. The monoisotopic (exact) mass is 545 g/mol. The number of rotatable bonds is 7. The Balaban J connectivity index is 1.51. The summed E-state index contributed by atoms with van der Waals surface area (Å²) in [4.78, 5) is 29.2. The molecule has 3 N–H and O–H groups in total. The Morgan fingerprint density at radius 1 is 0.900 bits per heavy atom.